The van der Waals surface area contributed by atoms with E-state index in [0.29, 0.717) is 48.4 Å². The van der Waals surface area contributed by atoms with Crippen LogP contribution in [-0.2, 0) is 4.74 Å². The first kappa shape index (κ1) is 25.0. The number of hydrogen-bond donors (Lipinski definition) is 0. The van der Waals surface area contributed by atoms with Crippen LogP contribution in [0.15, 0.2) is 103 Å². The van der Waals surface area contributed by atoms with Crippen LogP contribution in [0.5, 0.6) is 0 Å². The highest BCUT2D eigenvalue weighted by molar-refractivity contribution is 6.36. The van der Waals surface area contributed by atoms with Gasteiger partial charge in [-0.2, -0.15) is 0 Å². The number of carbonyl (C=O) groups is 2. The maximum Gasteiger partial charge on any atom is 0.339 e. The SMILES string of the molecule is O=C(O[C@H](C(=O)c1ccccc1)c1ccc(Cl)cc1)c1cc(-c2ccc(Cl)cc2Cl)nc2ccccc12. The summed E-state index contributed by atoms with van der Waals surface area (Å²) in [6.07, 6.45) is -1.18. The molecule has 0 radical (unpaired) electrons. The Balaban J connectivity index is 1.59. The highest BCUT2D eigenvalue weighted by Crippen LogP contribution is 2.33. The lowest BCUT2D eigenvalue weighted by atomic mass is 9.99. The van der Waals surface area contributed by atoms with E-state index >= 15 is 0 Å². The van der Waals surface area contributed by atoms with E-state index in [0.717, 1.165) is 0 Å². The second-order valence-corrected chi connectivity index (χ2v) is 9.54. The summed E-state index contributed by atoms with van der Waals surface area (Å²) >= 11 is 18.6. The predicted molar refractivity (Wildman–Crippen MR) is 148 cm³/mol. The van der Waals surface area contributed by atoms with E-state index in [-0.39, 0.29) is 11.3 Å². The van der Waals surface area contributed by atoms with Crippen LogP contribution in [0.4, 0.5) is 0 Å². The van der Waals surface area contributed by atoms with Crippen molar-refractivity contribution in [3.05, 3.63) is 135 Å². The van der Waals surface area contributed by atoms with Crippen LogP contribution in [0.3, 0.4) is 0 Å². The molecular weight excluding hydrogens is 529 g/mol. The molecule has 0 spiro atoms. The number of hydrogen-bond acceptors (Lipinski definition) is 4. The van der Waals surface area contributed by atoms with Crippen LogP contribution < -0.4 is 0 Å². The van der Waals surface area contributed by atoms with Crippen molar-refractivity contribution in [2.24, 2.45) is 0 Å². The standard InChI is InChI=1S/C30H18Cl3NO3/c31-20-12-10-19(11-13-20)29(28(35)18-6-2-1-3-7-18)37-30(36)24-17-27(23-15-14-21(32)16-25(23)33)34-26-9-5-4-8-22(24)26/h1-17,29H/t29-/m0/s1. The maximum absolute atomic E-state index is 13.7. The molecule has 0 saturated carbocycles. The zero-order chi connectivity index (χ0) is 25.9. The van der Waals surface area contributed by atoms with Gasteiger partial charge in [0.2, 0.25) is 5.78 Å². The molecule has 0 amide bonds. The van der Waals surface area contributed by atoms with Crippen LogP contribution >= 0.6 is 34.8 Å². The number of fused-ring (bicyclic) bond motifs is 1. The number of rotatable bonds is 6. The first-order chi connectivity index (χ1) is 17.9. The predicted octanol–water partition coefficient (Wildman–Crippen LogP) is 8.64. The van der Waals surface area contributed by atoms with Crippen molar-refractivity contribution >= 4 is 57.5 Å². The van der Waals surface area contributed by atoms with Crippen molar-refractivity contribution in [2.75, 3.05) is 0 Å². The molecule has 0 bridgehead atoms. The number of halogens is 3. The van der Waals surface area contributed by atoms with E-state index in [1.165, 1.54) is 0 Å². The van der Waals surface area contributed by atoms with Crippen LogP contribution in [0.1, 0.15) is 32.4 Å². The summed E-state index contributed by atoms with van der Waals surface area (Å²) in [5.41, 5.74) is 2.85. The van der Waals surface area contributed by atoms with Gasteiger partial charge in [0.1, 0.15) is 0 Å². The summed E-state index contributed by atoms with van der Waals surface area (Å²) in [6.45, 7) is 0. The van der Waals surface area contributed by atoms with Gasteiger partial charge in [0.05, 0.1) is 21.8 Å². The zero-order valence-corrected chi connectivity index (χ0v) is 21.5. The van der Waals surface area contributed by atoms with Crippen molar-refractivity contribution in [3.63, 3.8) is 0 Å². The fraction of sp³-hybridized carbons (Fsp3) is 0.0333. The minimum atomic E-state index is -1.18. The lowest BCUT2D eigenvalue weighted by Gasteiger charge is -2.19. The summed E-state index contributed by atoms with van der Waals surface area (Å²) in [5, 5.41) is 1.97. The summed E-state index contributed by atoms with van der Waals surface area (Å²) < 4.78 is 5.91. The Kier molecular flexibility index (Phi) is 7.24. The number of Topliss-reactive ketones (excluding diaryl/α,β-unsaturated/α-hetero) is 1. The quantitative estimate of drug-likeness (QED) is 0.158. The number of esters is 1. The molecule has 37 heavy (non-hydrogen) atoms. The van der Waals surface area contributed by atoms with Crippen molar-refractivity contribution in [1.29, 1.82) is 0 Å². The van der Waals surface area contributed by atoms with Gasteiger partial charge in [0.25, 0.3) is 0 Å². The first-order valence-electron chi connectivity index (χ1n) is 11.3. The largest absolute Gasteiger partial charge is 0.445 e. The number of benzene rings is 4. The third kappa shape index (κ3) is 5.37. The number of ether oxygens (including phenoxy) is 1. The fourth-order valence-electron chi connectivity index (χ4n) is 4.01. The van der Waals surface area contributed by atoms with E-state index < -0.39 is 12.1 Å². The first-order valence-corrected chi connectivity index (χ1v) is 12.4. The Morgan fingerprint density at radius 1 is 0.730 bits per heavy atom. The summed E-state index contributed by atoms with van der Waals surface area (Å²) in [5.74, 6) is -1.02. The number of ketones is 1. The summed E-state index contributed by atoms with van der Waals surface area (Å²) in [4.78, 5) is 31.9. The van der Waals surface area contributed by atoms with Gasteiger partial charge in [-0.3, -0.25) is 4.79 Å². The molecule has 0 saturated heterocycles. The molecule has 0 fully saturated rings. The summed E-state index contributed by atoms with van der Waals surface area (Å²) in [6, 6.07) is 29.2. The number of aromatic nitrogens is 1. The molecular formula is C30H18Cl3NO3. The van der Waals surface area contributed by atoms with Gasteiger partial charge >= 0.3 is 5.97 Å². The van der Waals surface area contributed by atoms with Crippen LogP contribution in [-0.4, -0.2) is 16.7 Å². The van der Waals surface area contributed by atoms with Crippen molar-refractivity contribution in [2.45, 2.75) is 6.10 Å². The van der Waals surface area contributed by atoms with Crippen molar-refractivity contribution < 1.29 is 14.3 Å². The van der Waals surface area contributed by atoms with E-state index in [9.17, 15) is 9.59 Å². The molecule has 1 heterocycles. The molecule has 5 rings (SSSR count). The maximum atomic E-state index is 13.7. The number of carbonyl (C=O) groups excluding carboxylic acids is 2. The van der Waals surface area contributed by atoms with E-state index in [4.69, 9.17) is 44.5 Å². The molecule has 0 aliphatic rings. The average Bonchev–Trinajstić information content (AvgIpc) is 2.91. The Morgan fingerprint density at radius 2 is 1.41 bits per heavy atom. The second kappa shape index (κ2) is 10.7. The minimum absolute atomic E-state index is 0.256. The lowest BCUT2D eigenvalue weighted by Crippen LogP contribution is -2.20. The van der Waals surface area contributed by atoms with Crippen LogP contribution in [0, 0.1) is 0 Å². The topological polar surface area (TPSA) is 56.3 Å². The van der Waals surface area contributed by atoms with Gasteiger partial charge in [-0.05, 0) is 42.5 Å². The molecule has 0 aliphatic heterocycles. The highest BCUT2D eigenvalue weighted by Gasteiger charge is 2.28. The summed E-state index contributed by atoms with van der Waals surface area (Å²) in [7, 11) is 0. The van der Waals surface area contributed by atoms with E-state index in [1.54, 1.807) is 84.9 Å². The molecule has 0 unspecified atom stereocenters. The minimum Gasteiger partial charge on any atom is -0.445 e. The molecule has 1 atom stereocenters. The molecule has 1 aromatic heterocycles. The number of para-hydroxylation sites is 1. The van der Waals surface area contributed by atoms with Crippen LogP contribution in [0.25, 0.3) is 22.2 Å². The van der Waals surface area contributed by atoms with E-state index in [1.807, 2.05) is 18.2 Å². The Morgan fingerprint density at radius 3 is 2.14 bits per heavy atom. The molecule has 182 valence electrons. The Hall–Kier alpha value is -3.70. The highest BCUT2D eigenvalue weighted by atomic mass is 35.5. The smallest absolute Gasteiger partial charge is 0.339 e. The molecule has 4 nitrogen and oxygen atoms in total. The monoisotopic (exact) mass is 545 g/mol. The van der Waals surface area contributed by atoms with Crippen molar-refractivity contribution in [3.8, 4) is 11.3 Å². The second-order valence-electron chi connectivity index (χ2n) is 8.26. The van der Waals surface area contributed by atoms with E-state index in [2.05, 4.69) is 0 Å². The van der Waals surface area contributed by atoms with Crippen molar-refractivity contribution in [1.82, 2.24) is 4.98 Å². The van der Waals surface area contributed by atoms with Gasteiger partial charge in [-0.15, -0.1) is 0 Å². The van der Waals surface area contributed by atoms with Crippen LogP contribution in [0.2, 0.25) is 15.1 Å². The van der Waals surface area contributed by atoms with Gasteiger partial charge in [-0.25, -0.2) is 9.78 Å². The molecule has 0 N–H and O–H groups in total. The number of pyridine rings is 1. The lowest BCUT2D eigenvalue weighted by molar-refractivity contribution is 0.0282. The van der Waals surface area contributed by atoms with Gasteiger partial charge in [-0.1, -0.05) is 95.5 Å². The fourth-order valence-corrected chi connectivity index (χ4v) is 4.65. The molecule has 5 aromatic rings. The third-order valence-corrected chi connectivity index (χ3v) is 6.64. The molecule has 7 heteroatoms. The van der Waals surface area contributed by atoms with Gasteiger partial charge in [0, 0.05) is 32.1 Å². The number of nitrogens with zero attached hydrogens (tertiary/aromatic N) is 1. The van der Waals surface area contributed by atoms with Gasteiger partial charge < -0.3 is 4.74 Å². The average molecular weight is 547 g/mol. The third-order valence-electron chi connectivity index (χ3n) is 5.84. The Bertz CT molecular complexity index is 1620. The van der Waals surface area contributed by atoms with Gasteiger partial charge in [0.15, 0.2) is 6.10 Å². The molecule has 4 aromatic carbocycles. The Labute approximate surface area is 228 Å². The normalized spacial score (nSPS) is 11.8. The molecule has 0 aliphatic carbocycles. The zero-order valence-electron chi connectivity index (χ0n) is 19.2.